The first-order valence-electron chi connectivity index (χ1n) is 7.12. The summed E-state index contributed by atoms with van der Waals surface area (Å²) in [4.78, 5) is 13.7. The van der Waals surface area contributed by atoms with Gasteiger partial charge in [0.15, 0.2) is 0 Å². The molecule has 0 radical (unpaired) electrons. The molecule has 1 aliphatic heterocycles. The summed E-state index contributed by atoms with van der Waals surface area (Å²) in [6, 6.07) is 2.77. The van der Waals surface area contributed by atoms with E-state index in [9.17, 15) is 26.4 Å². The Labute approximate surface area is 143 Å². The standard InChI is InChI=1S/C14H16ClF3N2O3S/c1-24(22,23)20(9-13(21)19-6-2-3-7-19)12-5-4-10(15)8-11(12)14(16,17)18/h4-5,8H,2-3,6-7,9H2,1H3. The molecule has 0 bridgehead atoms. The van der Waals surface area contributed by atoms with E-state index < -0.39 is 39.9 Å². The van der Waals surface area contributed by atoms with Crippen LogP contribution in [0.25, 0.3) is 0 Å². The van der Waals surface area contributed by atoms with Crippen molar-refractivity contribution in [1.82, 2.24) is 4.90 Å². The lowest BCUT2D eigenvalue weighted by atomic mass is 10.1. The molecule has 24 heavy (non-hydrogen) atoms. The number of carbonyl (C=O) groups excluding carboxylic acids is 1. The van der Waals surface area contributed by atoms with Crippen LogP contribution < -0.4 is 4.31 Å². The topological polar surface area (TPSA) is 57.7 Å². The zero-order chi connectivity index (χ0) is 18.1. The molecule has 5 nitrogen and oxygen atoms in total. The van der Waals surface area contributed by atoms with Gasteiger partial charge in [0.2, 0.25) is 15.9 Å². The molecule has 0 spiro atoms. The third-order valence-corrected chi connectivity index (χ3v) is 5.03. The molecule has 1 aliphatic rings. The zero-order valence-corrected chi connectivity index (χ0v) is 14.4. The Hall–Kier alpha value is -1.48. The van der Waals surface area contributed by atoms with Gasteiger partial charge in [0.25, 0.3) is 0 Å². The Kier molecular flexibility index (Phi) is 5.34. The number of hydrogen-bond acceptors (Lipinski definition) is 3. The number of likely N-dealkylation sites (tertiary alicyclic amines) is 1. The van der Waals surface area contributed by atoms with Crippen molar-refractivity contribution < 1.29 is 26.4 Å². The van der Waals surface area contributed by atoms with Gasteiger partial charge in [-0.05, 0) is 31.0 Å². The van der Waals surface area contributed by atoms with Crippen LogP contribution >= 0.6 is 11.6 Å². The lowest BCUT2D eigenvalue weighted by Crippen LogP contribution is -2.42. The van der Waals surface area contributed by atoms with Crippen molar-refractivity contribution in [3.63, 3.8) is 0 Å². The van der Waals surface area contributed by atoms with Gasteiger partial charge in [-0.2, -0.15) is 13.2 Å². The van der Waals surface area contributed by atoms with Crippen LogP contribution in [0.15, 0.2) is 18.2 Å². The van der Waals surface area contributed by atoms with Gasteiger partial charge < -0.3 is 4.90 Å². The van der Waals surface area contributed by atoms with Crippen molar-refractivity contribution in [2.24, 2.45) is 0 Å². The summed E-state index contributed by atoms with van der Waals surface area (Å²) in [6.07, 6.45) is -2.46. The van der Waals surface area contributed by atoms with Gasteiger partial charge >= 0.3 is 6.18 Å². The molecule has 1 fully saturated rings. The number of hydrogen-bond donors (Lipinski definition) is 0. The van der Waals surface area contributed by atoms with Gasteiger partial charge in [-0.15, -0.1) is 0 Å². The molecular weight excluding hydrogens is 369 g/mol. The molecule has 1 heterocycles. The fourth-order valence-electron chi connectivity index (χ4n) is 2.52. The van der Waals surface area contributed by atoms with Gasteiger partial charge in [-0.1, -0.05) is 11.6 Å². The fourth-order valence-corrected chi connectivity index (χ4v) is 3.56. The molecule has 0 N–H and O–H groups in total. The Morgan fingerprint density at radius 2 is 1.88 bits per heavy atom. The number of carbonyl (C=O) groups is 1. The second-order valence-corrected chi connectivity index (χ2v) is 7.86. The van der Waals surface area contributed by atoms with Gasteiger partial charge in [0.05, 0.1) is 17.5 Å². The van der Waals surface area contributed by atoms with Crippen LogP contribution in [-0.2, 0) is 21.0 Å². The first-order chi connectivity index (χ1) is 11.0. The SMILES string of the molecule is CS(=O)(=O)N(CC(=O)N1CCCC1)c1ccc(Cl)cc1C(F)(F)F. The normalized spacial score (nSPS) is 15.6. The summed E-state index contributed by atoms with van der Waals surface area (Å²) >= 11 is 5.61. The van der Waals surface area contributed by atoms with E-state index >= 15 is 0 Å². The number of benzene rings is 1. The van der Waals surface area contributed by atoms with E-state index in [2.05, 4.69) is 0 Å². The monoisotopic (exact) mass is 384 g/mol. The van der Waals surface area contributed by atoms with E-state index in [0.717, 1.165) is 31.2 Å². The van der Waals surface area contributed by atoms with E-state index in [1.165, 1.54) is 4.90 Å². The molecule has 0 unspecified atom stereocenters. The highest BCUT2D eigenvalue weighted by molar-refractivity contribution is 7.92. The Morgan fingerprint density at radius 1 is 1.29 bits per heavy atom. The van der Waals surface area contributed by atoms with Crippen LogP contribution in [0.4, 0.5) is 18.9 Å². The van der Waals surface area contributed by atoms with Crippen LogP contribution in [0.3, 0.4) is 0 Å². The molecule has 1 saturated heterocycles. The maximum absolute atomic E-state index is 13.2. The van der Waals surface area contributed by atoms with Gasteiger partial charge in [-0.25, -0.2) is 8.42 Å². The van der Waals surface area contributed by atoms with Crippen molar-refractivity contribution in [3.8, 4) is 0 Å². The van der Waals surface area contributed by atoms with Gasteiger partial charge in [-0.3, -0.25) is 9.10 Å². The summed E-state index contributed by atoms with van der Waals surface area (Å²) in [7, 11) is -4.10. The minimum Gasteiger partial charge on any atom is -0.341 e. The molecule has 0 aromatic heterocycles. The molecule has 1 aromatic carbocycles. The molecule has 1 amide bonds. The third-order valence-electron chi connectivity index (χ3n) is 3.67. The van der Waals surface area contributed by atoms with Crippen molar-refractivity contribution in [2.45, 2.75) is 19.0 Å². The Bertz CT molecular complexity index is 731. The highest BCUT2D eigenvalue weighted by Crippen LogP contribution is 2.39. The summed E-state index contributed by atoms with van der Waals surface area (Å²) in [5.41, 5.74) is -1.81. The molecule has 0 aliphatic carbocycles. The smallest absolute Gasteiger partial charge is 0.341 e. The lowest BCUT2D eigenvalue weighted by Gasteiger charge is -2.27. The average molecular weight is 385 g/mol. The highest BCUT2D eigenvalue weighted by Gasteiger charge is 2.38. The van der Waals surface area contributed by atoms with E-state index in [1.807, 2.05) is 0 Å². The summed E-state index contributed by atoms with van der Waals surface area (Å²) in [5, 5.41) is -0.176. The van der Waals surface area contributed by atoms with Gasteiger partial charge in [0.1, 0.15) is 6.54 Å². The minimum absolute atomic E-state index is 0.176. The molecule has 134 valence electrons. The molecular formula is C14H16ClF3N2O3S. The van der Waals surface area contributed by atoms with Crippen molar-refractivity contribution >= 4 is 33.2 Å². The van der Waals surface area contributed by atoms with Crippen molar-refractivity contribution in [3.05, 3.63) is 28.8 Å². The third kappa shape index (κ3) is 4.32. The second kappa shape index (κ2) is 6.79. The number of rotatable bonds is 4. The van der Waals surface area contributed by atoms with Crippen LogP contribution in [0.5, 0.6) is 0 Å². The molecule has 1 aromatic rings. The molecule has 2 rings (SSSR count). The van der Waals surface area contributed by atoms with E-state index in [4.69, 9.17) is 11.6 Å². The van der Waals surface area contributed by atoms with Crippen LogP contribution in [0, 0.1) is 0 Å². The maximum atomic E-state index is 13.2. The van der Waals surface area contributed by atoms with Crippen LogP contribution in [-0.4, -0.2) is 45.1 Å². The number of sulfonamides is 1. The summed E-state index contributed by atoms with van der Waals surface area (Å²) in [6.45, 7) is 0.274. The minimum atomic E-state index is -4.81. The number of alkyl halides is 3. The van der Waals surface area contributed by atoms with Gasteiger partial charge in [0, 0.05) is 18.1 Å². The maximum Gasteiger partial charge on any atom is 0.418 e. The predicted molar refractivity (Wildman–Crippen MR) is 84.5 cm³/mol. The van der Waals surface area contributed by atoms with Crippen LogP contribution in [0.1, 0.15) is 18.4 Å². The zero-order valence-electron chi connectivity index (χ0n) is 12.8. The number of nitrogens with zero attached hydrogens (tertiary/aromatic N) is 2. The number of amides is 1. The molecule has 0 atom stereocenters. The predicted octanol–water partition coefficient (Wildman–Crippen LogP) is 2.75. The highest BCUT2D eigenvalue weighted by atomic mass is 35.5. The quantitative estimate of drug-likeness (QED) is 0.802. The number of halogens is 4. The van der Waals surface area contributed by atoms with Crippen molar-refractivity contribution in [2.75, 3.05) is 30.2 Å². The van der Waals surface area contributed by atoms with E-state index in [0.29, 0.717) is 23.5 Å². The average Bonchev–Trinajstić information content (AvgIpc) is 2.97. The van der Waals surface area contributed by atoms with Crippen molar-refractivity contribution in [1.29, 1.82) is 0 Å². The summed E-state index contributed by atoms with van der Waals surface area (Å²) in [5.74, 6) is -0.527. The summed E-state index contributed by atoms with van der Waals surface area (Å²) < 4.78 is 64.2. The number of anilines is 1. The van der Waals surface area contributed by atoms with E-state index in [-0.39, 0.29) is 5.02 Å². The molecule has 10 heteroatoms. The largest absolute Gasteiger partial charge is 0.418 e. The van der Waals surface area contributed by atoms with Crippen LogP contribution in [0.2, 0.25) is 5.02 Å². The fraction of sp³-hybridized carbons (Fsp3) is 0.500. The first-order valence-corrected chi connectivity index (χ1v) is 9.35. The second-order valence-electron chi connectivity index (χ2n) is 5.52. The van der Waals surface area contributed by atoms with E-state index in [1.54, 1.807) is 0 Å². The molecule has 0 saturated carbocycles. The lowest BCUT2D eigenvalue weighted by molar-refractivity contribution is -0.137. The Morgan fingerprint density at radius 3 is 2.38 bits per heavy atom. The first kappa shape index (κ1) is 18.9. The Balaban J connectivity index is 2.44.